The smallest absolute Gasteiger partial charge is 0.273 e. The van der Waals surface area contributed by atoms with Gasteiger partial charge in [-0.25, -0.2) is 4.68 Å². The molecular weight excluding hydrogens is 342 g/mol. The maximum absolute atomic E-state index is 12.5. The van der Waals surface area contributed by atoms with E-state index in [0.717, 1.165) is 6.42 Å². The third-order valence-corrected chi connectivity index (χ3v) is 4.68. The number of nitrogens with one attached hydrogen (secondary N) is 1. The number of fused-ring (bicyclic) bond motifs is 1. The molecule has 140 valence electrons. The van der Waals surface area contributed by atoms with E-state index in [9.17, 15) is 14.4 Å². The van der Waals surface area contributed by atoms with Crippen molar-refractivity contribution in [3.63, 3.8) is 0 Å². The van der Waals surface area contributed by atoms with E-state index in [4.69, 9.17) is 0 Å². The number of likely N-dealkylation sites (N-methyl/N-ethyl adjacent to an activating group) is 1. The molecule has 0 fully saturated rings. The monoisotopic (exact) mass is 365 g/mol. The predicted molar refractivity (Wildman–Crippen MR) is 106 cm³/mol. The Bertz CT molecular complexity index is 1040. The summed E-state index contributed by atoms with van der Waals surface area (Å²) in [6, 6.07) is 16.7. The highest BCUT2D eigenvalue weighted by atomic mass is 16.2. The van der Waals surface area contributed by atoms with Gasteiger partial charge in [-0.1, -0.05) is 42.5 Å². The van der Waals surface area contributed by atoms with Crippen molar-refractivity contribution in [3.05, 3.63) is 80.9 Å². The van der Waals surface area contributed by atoms with Crippen LogP contribution >= 0.6 is 0 Å². The fraction of sp³-hybridized carbons (Fsp3) is 0.286. The Labute approximate surface area is 157 Å². The number of carbonyl (C=O) groups is 1. The molecule has 0 aliphatic carbocycles. The van der Waals surface area contributed by atoms with Gasteiger partial charge in [0, 0.05) is 19.5 Å². The number of benzene rings is 2. The summed E-state index contributed by atoms with van der Waals surface area (Å²) < 4.78 is 1.23. The van der Waals surface area contributed by atoms with Crippen molar-refractivity contribution < 1.29 is 4.79 Å². The van der Waals surface area contributed by atoms with Crippen molar-refractivity contribution in [2.24, 2.45) is 0 Å². The number of amides is 1. The van der Waals surface area contributed by atoms with Crippen LogP contribution in [0, 0.1) is 0 Å². The molecule has 3 aromatic rings. The Balaban J connectivity index is 1.67. The third-order valence-electron chi connectivity index (χ3n) is 4.68. The van der Waals surface area contributed by atoms with Crippen molar-refractivity contribution in [1.82, 2.24) is 14.7 Å². The normalized spacial score (nSPS) is 10.9. The van der Waals surface area contributed by atoms with Gasteiger partial charge in [0.2, 0.25) is 5.91 Å². The number of hydrogen-bond donors (Lipinski definition) is 1. The molecule has 6 heteroatoms. The summed E-state index contributed by atoms with van der Waals surface area (Å²) >= 11 is 0. The molecule has 0 aliphatic rings. The van der Waals surface area contributed by atoms with E-state index >= 15 is 0 Å². The quantitative estimate of drug-likeness (QED) is 0.697. The first-order valence-corrected chi connectivity index (χ1v) is 9.13. The van der Waals surface area contributed by atoms with Gasteiger partial charge in [0.25, 0.3) is 11.1 Å². The lowest BCUT2D eigenvalue weighted by Gasteiger charge is -2.21. The molecule has 27 heavy (non-hydrogen) atoms. The number of H-pyrrole nitrogens is 1. The van der Waals surface area contributed by atoms with Crippen LogP contribution in [0.3, 0.4) is 0 Å². The summed E-state index contributed by atoms with van der Waals surface area (Å²) in [7, 11) is 0. The van der Waals surface area contributed by atoms with E-state index in [-0.39, 0.29) is 30.0 Å². The average molecular weight is 365 g/mol. The number of hydrogen-bond acceptors (Lipinski definition) is 3. The summed E-state index contributed by atoms with van der Waals surface area (Å²) in [6.07, 6.45) is 0.948. The second-order valence-electron chi connectivity index (χ2n) is 6.40. The van der Waals surface area contributed by atoms with Crippen LogP contribution in [-0.2, 0) is 17.8 Å². The van der Waals surface area contributed by atoms with Crippen molar-refractivity contribution in [2.75, 3.05) is 13.1 Å². The molecule has 0 bridgehead atoms. The SMILES string of the molecule is CCN(CCc1ccccc1)C(=O)CCn1[nH]c(=O)c2ccccc2c1=O. The van der Waals surface area contributed by atoms with E-state index in [1.165, 1.54) is 10.2 Å². The Morgan fingerprint density at radius 3 is 2.37 bits per heavy atom. The Morgan fingerprint density at radius 2 is 1.67 bits per heavy atom. The highest BCUT2D eigenvalue weighted by Gasteiger charge is 2.13. The van der Waals surface area contributed by atoms with Crippen LogP contribution < -0.4 is 11.1 Å². The Hall–Kier alpha value is -3.15. The summed E-state index contributed by atoms with van der Waals surface area (Å²) in [6.45, 7) is 3.32. The number of nitrogens with zero attached hydrogens (tertiary/aromatic N) is 2. The first kappa shape index (κ1) is 18.6. The van der Waals surface area contributed by atoms with E-state index in [1.54, 1.807) is 29.2 Å². The van der Waals surface area contributed by atoms with Crippen LogP contribution in [0.5, 0.6) is 0 Å². The van der Waals surface area contributed by atoms with Crippen LogP contribution in [0.15, 0.2) is 64.2 Å². The summed E-state index contributed by atoms with van der Waals surface area (Å²) in [5, 5.41) is 3.30. The maximum atomic E-state index is 12.5. The first-order chi connectivity index (χ1) is 13.1. The van der Waals surface area contributed by atoms with Crippen molar-refractivity contribution in [3.8, 4) is 0 Å². The molecule has 1 aromatic heterocycles. The second-order valence-corrected chi connectivity index (χ2v) is 6.40. The number of carbonyl (C=O) groups excluding carboxylic acids is 1. The molecule has 0 saturated carbocycles. The van der Waals surface area contributed by atoms with Gasteiger partial charge >= 0.3 is 0 Å². The zero-order valence-corrected chi connectivity index (χ0v) is 15.4. The van der Waals surface area contributed by atoms with E-state index < -0.39 is 0 Å². The molecule has 0 unspecified atom stereocenters. The van der Waals surface area contributed by atoms with Crippen LogP contribution in [0.1, 0.15) is 18.9 Å². The number of aromatic nitrogens is 2. The van der Waals surface area contributed by atoms with E-state index in [1.807, 2.05) is 37.3 Å². The van der Waals surface area contributed by atoms with Crippen molar-refractivity contribution in [2.45, 2.75) is 26.3 Å². The fourth-order valence-corrected chi connectivity index (χ4v) is 3.14. The van der Waals surface area contributed by atoms with Gasteiger partial charge in [0.15, 0.2) is 0 Å². The highest BCUT2D eigenvalue weighted by molar-refractivity contribution is 5.80. The van der Waals surface area contributed by atoms with Crippen LogP contribution in [0.4, 0.5) is 0 Å². The lowest BCUT2D eigenvalue weighted by molar-refractivity contribution is -0.131. The largest absolute Gasteiger partial charge is 0.343 e. The molecule has 1 N–H and O–H groups in total. The Kier molecular flexibility index (Phi) is 5.86. The van der Waals surface area contributed by atoms with Crippen LogP contribution in [0.2, 0.25) is 0 Å². The zero-order valence-electron chi connectivity index (χ0n) is 15.4. The summed E-state index contributed by atoms with van der Waals surface area (Å²) in [4.78, 5) is 39.0. The lowest BCUT2D eigenvalue weighted by Crippen LogP contribution is -2.35. The molecule has 1 amide bonds. The minimum Gasteiger partial charge on any atom is -0.343 e. The topological polar surface area (TPSA) is 75.2 Å². The minimum atomic E-state index is -0.325. The maximum Gasteiger partial charge on any atom is 0.273 e. The molecule has 0 spiro atoms. The third kappa shape index (κ3) is 4.34. The predicted octanol–water partition coefficient (Wildman–Crippen LogP) is 2.17. The van der Waals surface area contributed by atoms with E-state index in [0.29, 0.717) is 23.9 Å². The minimum absolute atomic E-state index is 0.0330. The number of aromatic amines is 1. The van der Waals surface area contributed by atoms with Crippen molar-refractivity contribution in [1.29, 1.82) is 0 Å². The first-order valence-electron chi connectivity index (χ1n) is 9.13. The van der Waals surface area contributed by atoms with Crippen LogP contribution in [0.25, 0.3) is 10.8 Å². The van der Waals surface area contributed by atoms with Crippen molar-refractivity contribution >= 4 is 16.7 Å². The Morgan fingerprint density at radius 1 is 1.00 bits per heavy atom. The summed E-state index contributed by atoms with van der Waals surface area (Å²) in [5.41, 5.74) is 0.568. The highest BCUT2D eigenvalue weighted by Crippen LogP contribution is 2.05. The zero-order chi connectivity index (χ0) is 19.2. The fourth-order valence-electron chi connectivity index (χ4n) is 3.14. The van der Waals surface area contributed by atoms with Gasteiger partial charge in [0.1, 0.15) is 0 Å². The molecule has 0 atom stereocenters. The van der Waals surface area contributed by atoms with Gasteiger partial charge in [-0.3, -0.25) is 19.5 Å². The van der Waals surface area contributed by atoms with Crippen LogP contribution in [-0.4, -0.2) is 33.7 Å². The van der Waals surface area contributed by atoms with Gasteiger partial charge in [-0.15, -0.1) is 0 Å². The molecule has 0 radical (unpaired) electrons. The van der Waals surface area contributed by atoms with E-state index in [2.05, 4.69) is 5.10 Å². The van der Waals surface area contributed by atoms with Gasteiger partial charge < -0.3 is 4.90 Å². The summed E-state index contributed by atoms with van der Waals surface area (Å²) in [5.74, 6) is -0.0330. The molecule has 3 rings (SSSR count). The number of rotatable bonds is 7. The number of aryl methyl sites for hydroxylation is 1. The van der Waals surface area contributed by atoms with Gasteiger partial charge in [-0.05, 0) is 31.0 Å². The molecule has 2 aromatic carbocycles. The molecule has 0 aliphatic heterocycles. The lowest BCUT2D eigenvalue weighted by atomic mass is 10.1. The standard InChI is InChI=1S/C21H23N3O3/c1-2-23(14-12-16-8-4-3-5-9-16)19(25)13-15-24-21(27)18-11-7-6-10-17(18)20(26)22-24/h3-11H,2,12-15H2,1H3,(H,22,26). The second kappa shape index (κ2) is 8.49. The van der Waals surface area contributed by atoms with Gasteiger partial charge in [-0.2, -0.15) is 0 Å². The molecule has 0 saturated heterocycles. The van der Waals surface area contributed by atoms with Gasteiger partial charge in [0.05, 0.1) is 17.3 Å². The molecular formula is C21H23N3O3. The molecule has 6 nitrogen and oxygen atoms in total. The average Bonchev–Trinajstić information content (AvgIpc) is 2.71. The molecule has 1 heterocycles.